The van der Waals surface area contributed by atoms with Crippen molar-refractivity contribution in [2.45, 2.75) is 18.8 Å². The van der Waals surface area contributed by atoms with Crippen molar-refractivity contribution >= 4 is 0 Å². The van der Waals surface area contributed by atoms with E-state index in [1.54, 1.807) is 14.2 Å². The highest BCUT2D eigenvalue weighted by atomic mass is 16.5. The Bertz CT molecular complexity index is 554. The van der Waals surface area contributed by atoms with Gasteiger partial charge in [-0.1, -0.05) is 36.4 Å². The molecule has 0 aromatic heterocycles. The second-order valence-electron chi connectivity index (χ2n) is 5.06. The summed E-state index contributed by atoms with van der Waals surface area (Å²) >= 11 is 0. The normalized spacial score (nSPS) is 12.0. The summed E-state index contributed by atoms with van der Waals surface area (Å²) in [5.74, 6) is 1.93. The fraction of sp³-hybridized carbons (Fsp3) is 0.333. The molecule has 0 aliphatic rings. The van der Waals surface area contributed by atoms with Crippen LogP contribution in [-0.2, 0) is 6.42 Å². The number of hydrogen-bond acceptors (Lipinski definition) is 3. The van der Waals surface area contributed by atoms with Gasteiger partial charge in [-0.2, -0.15) is 0 Å². The summed E-state index contributed by atoms with van der Waals surface area (Å²) in [4.78, 5) is 0. The molecule has 0 amide bonds. The van der Waals surface area contributed by atoms with Crippen LogP contribution in [0.2, 0.25) is 0 Å². The van der Waals surface area contributed by atoms with Crippen LogP contribution in [0, 0.1) is 0 Å². The van der Waals surface area contributed by atoms with E-state index >= 15 is 0 Å². The summed E-state index contributed by atoms with van der Waals surface area (Å²) in [5.41, 5.74) is 8.46. The Morgan fingerprint density at radius 2 is 1.76 bits per heavy atom. The smallest absolute Gasteiger partial charge is 0.126 e. The standard InChI is InChI=1S/C18H23NO2/c1-20-16-10-11-17(18(12-16)21-2)15(13-19)9-8-14-6-4-3-5-7-14/h3-7,10-12,15H,8-9,13,19H2,1-2H3. The van der Waals surface area contributed by atoms with Gasteiger partial charge in [0.15, 0.2) is 0 Å². The predicted octanol–water partition coefficient (Wildman–Crippen LogP) is 3.38. The zero-order valence-corrected chi connectivity index (χ0v) is 12.7. The largest absolute Gasteiger partial charge is 0.497 e. The maximum absolute atomic E-state index is 5.98. The van der Waals surface area contributed by atoms with Crippen LogP contribution in [0.1, 0.15) is 23.5 Å². The summed E-state index contributed by atoms with van der Waals surface area (Å²) in [7, 11) is 3.34. The van der Waals surface area contributed by atoms with E-state index < -0.39 is 0 Å². The van der Waals surface area contributed by atoms with Gasteiger partial charge >= 0.3 is 0 Å². The molecular weight excluding hydrogens is 262 g/mol. The molecule has 0 heterocycles. The molecule has 0 aliphatic carbocycles. The minimum atomic E-state index is 0.283. The van der Waals surface area contributed by atoms with Gasteiger partial charge in [-0.3, -0.25) is 0 Å². The van der Waals surface area contributed by atoms with Gasteiger partial charge < -0.3 is 15.2 Å². The van der Waals surface area contributed by atoms with Crippen LogP contribution >= 0.6 is 0 Å². The first-order valence-corrected chi connectivity index (χ1v) is 7.24. The molecule has 3 nitrogen and oxygen atoms in total. The molecule has 2 aromatic rings. The van der Waals surface area contributed by atoms with Crippen LogP contribution in [-0.4, -0.2) is 20.8 Å². The molecule has 1 atom stereocenters. The number of ether oxygens (including phenoxy) is 2. The fourth-order valence-electron chi connectivity index (χ4n) is 2.54. The molecule has 0 radical (unpaired) electrons. The molecule has 0 saturated heterocycles. The van der Waals surface area contributed by atoms with Crippen LogP contribution in [0.25, 0.3) is 0 Å². The summed E-state index contributed by atoms with van der Waals surface area (Å²) in [6.07, 6.45) is 2.01. The van der Waals surface area contributed by atoms with Gasteiger partial charge in [0.05, 0.1) is 14.2 Å². The predicted molar refractivity (Wildman–Crippen MR) is 86.1 cm³/mol. The summed E-state index contributed by atoms with van der Waals surface area (Å²) in [6.45, 7) is 0.607. The Balaban J connectivity index is 2.13. The molecule has 2 rings (SSSR count). The lowest BCUT2D eigenvalue weighted by Crippen LogP contribution is -2.14. The average Bonchev–Trinajstić information content (AvgIpc) is 2.56. The second kappa shape index (κ2) is 7.70. The molecule has 0 fully saturated rings. The summed E-state index contributed by atoms with van der Waals surface area (Å²) < 4.78 is 10.7. The van der Waals surface area contributed by atoms with E-state index in [2.05, 4.69) is 30.3 Å². The van der Waals surface area contributed by atoms with E-state index in [0.29, 0.717) is 6.54 Å². The first-order chi connectivity index (χ1) is 10.3. The van der Waals surface area contributed by atoms with Gasteiger partial charge in [-0.05, 0) is 36.6 Å². The lowest BCUT2D eigenvalue weighted by molar-refractivity contribution is 0.387. The number of hydrogen-bond donors (Lipinski definition) is 1. The third kappa shape index (κ3) is 3.99. The van der Waals surface area contributed by atoms with Crippen LogP contribution in [0.5, 0.6) is 11.5 Å². The van der Waals surface area contributed by atoms with Crippen molar-refractivity contribution in [3.05, 3.63) is 59.7 Å². The Kier molecular flexibility index (Phi) is 5.64. The number of benzene rings is 2. The molecule has 0 aliphatic heterocycles. The SMILES string of the molecule is COc1ccc(C(CN)CCc2ccccc2)c(OC)c1. The van der Waals surface area contributed by atoms with Gasteiger partial charge in [0.2, 0.25) is 0 Å². The van der Waals surface area contributed by atoms with E-state index in [4.69, 9.17) is 15.2 Å². The zero-order valence-electron chi connectivity index (χ0n) is 12.7. The van der Waals surface area contributed by atoms with Crippen LogP contribution in [0.4, 0.5) is 0 Å². The third-order valence-electron chi connectivity index (χ3n) is 3.79. The minimum Gasteiger partial charge on any atom is -0.497 e. The maximum atomic E-state index is 5.98. The van der Waals surface area contributed by atoms with Crippen molar-refractivity contribution < 1.29 is 9.47 Å². The first-order valence-electron chi connectivity index (χ1n) is 7.24. The monoisotopic (exact) mass is 285 g/mol. The topological polar surface area (TPSA) is 44.5 Å². The highest BCUT2D eigenvalue weighted by Gasteiger charge is 2.15. The van der Waals surface area contributed by atoms with Gasteiger partial charge in [0.25, 0.3) is 0 Å². The Morgan fingerprint density at radius 1 is 1.00 bits per heavy atom. The number of aryl methyl sites for hydroxylation is 1. The average molecular weight is 285 g/mol. The van der Waals surface area contributed by atoms with Crippen LogP contribution in [0.3, 0.4) is 0 Å². The summed E-state index contributed by atoms with van der Waals surface area (Å²) in [5, 5.41) is 0. The molecule has 112 valence electrons. The fourth-order valence-corrected chi connectivity index (χ4v) is 2.54. The van der Waals surface area contributed by atoms with Gasteiger partial charge in [0, 0.05) is 12.0 Å². The Labute approximate surface area is 126 Å². The van der Waals surface area contributed by atoms with Crippen molar-refractivity contribution in [3.8, 4) is 11.5 Å². The highest BCUT2D eigenvalue weighted by molar-refractivity contribution is 5.43. The van der Waals surface area contributed by atoms with Crippen molar-refractivity contribution in [1.82, 2.24) is 0 Å². The molecule has 21 heavy (non-hydrogen) atoms. The van der Waals surface area contributed by atoms with Crippen LogP contribution in [0.15, 0.2) is 48.5 Å². The van der Waals surface area contributed by atoms with Crippen molar-refractivity contribution in [2.24, 2.45) is 5.73 Å². The zero-order chi connectivity index (χ0) is 15.1. The molecule has 0 saturated carbocycles. The third-order valence-corrected chi connectivity index (χ3v) is 3.79. The molecular formula is C18H23NO2. The molecule has 2 N–H and O–H groups in total. The number of rotatable bonds is 7. The quantitative estimate of drug-likeness (QED) is 0.848. The van der Waals surface area contributed by atoms with E-state index in [-0.39, 0.29) is 5.92 Å². The summed E-state index contributed by atoms with van der Waals surface area (Å²) in [6, 6.07) is 16.4. The lowest BCUT2D eigenvalue weighted by Gasteiger charge is -2.19. The minimum absolute atomic E-state index is 0.283. The van der Waals surface area contributed by atoms with E-state index in [1.807, 2.05) is 18.2 Å². The lowest BCUT2D eigenvalue weighted by atomic mass is 9.91. The van der Waals surface area contributed by atoms with E-state index in [1.165, 1.54) is 5.56 Å². The first kappa shape index (κ1) is 15.4. The highest BCUT2D eigenvalue weighted by Crippen LogP contribution is 2.32. The van der Waals surface area contributed by atoms with E-state index in [0.717, 1.165) is 29.9 Å². The van der Waals surface area contributed by atoms with Crippen molar-refractivity contribution in [1.29, 1.82) is 0 Å². The molecule has 3 heteroatoms. The maximum Gasteiger partial charge on any atom is 0.126 e. The molecule has 1 unspecified atom stereocenters. The molecule has 2 aromatic carbocycles. The van der Waals surface area contributed by atoms with E-state index in [9.17, 15) is 0 Å². The second-order valence-corrected chi connectivity index (χ2v) is 5.06. The van der Waals surface area contributed by atoms with Crippen LogP contribution < -0.4 is 15.2 Å². The molecule has 0 bridgehead atoms. The Morgan fingerprint density at radius 3 is 2.38 bits per heavy atom. The number of methoxy groups -OCH3 is 2. The van der Waals surface area contributed by atoms with Crippen molar-refractivity contribution in [3.63, 3.8) is 0 Å². The van der Waals surface area contributed by atoms with Gasteiger partial charge in [-0.15, -0.1) is 0 Å². The van der Waals surface area contributed by atoms with Gasteiger partial charge in [0.1, 0.15) is 11.5 Å². The molecule has 0 spiro atoms. The van der Waals surface area contributed by atoms with Gasteiger partial charge in [-0.25, -0.2) is 0 Å². The van der Waals surface area contributed by atoms with Crippen molar-refractivity contribution in [2.75, 3.05) is 20.8 Å². The number of nitrogens with two attached hydrogens (primary N) is 1. The Hall–Kier alpha value is -2.00.